The smallest absolute Gasteiger partial charge is 0.244 e. The molecular weight excluding hydrogens is 304 g/mol. The molecule has 0 aliphatic carbocycles. The van der Waals surface area contributed by atoms with Gasteiger partial charge in [-0.2, -0.15) is 5.10 Å². The molecule has 0 saturated carbocycles. The Hall–Kier alpha value is -2.63. The van der Waals surface area contributed by atoms with Crippen molar-refractivity contribution in [3.63, 3.8) is 0 Å². The Balaban J connectivity index is 1.76. The summed E-state index contributed by atoms with van der Waals surface area (Å²) in [5.74, 6) is -0.260. The van der Waals surface area contributed by atoms with E-state index in [1.807, 2.05) is 49.0 Å². The van der Waals surface area contributed by atoms with Crippen LogP contribution in [-0.4, -0.2) is 27.6 Å². The molecule has 6 heteroatoms. The lowest BCUT2D eigenvalue weighted by Gasteiger charge is -2.25. The van der Waals surface area contributed by atoms with Gasteiger partial charge in [0.15, 0.2) is 0 Å². The maximum absolute atomic E-state index is 12.8. The highest BCUT2D eigenvalue weighted by Gasteiger charge is 2.37. The van der Waals surface area contributed by atoms with Crippen LogP contribution in [0.25, 0.3) is 0 Å². The number of amides is 2. The van der Waals surface area contributed by atoms with Crippen molar-refractivity contribution >= 4 is 17.5 Å². The van der Waals surface area contributed by atoms with Gasteiger partial charge in [0.1, 0.15) is 6.04 Å². The summed E-state index contributed by atoms with van der Waals surface area (Å²) >= 11 is 0. The van der Waals surface area contributed by atoms with Crippen molar-refractivity contribution in [2.45, 2.75) is 45.8 Å². The van der Waals surface area contributed by atoms with Gasteiger partial charge in [-0.05, 0) is 25.5 Å². The molecule has 6 nitrogen and oxygen atoms in total. The highest BCUT2D eigenvalue weighted by Crippen LogP contribution is 2.32. The molecule has 2 amide bonds. The Labute approximate surface area is 141 Å². The summed E-state index contributed by atoms with van der Waals surface area (Å²) in [6.07, 6.45) is 4.24. The monoisotopic (exact) mass is 326 g/mol. The van der Waals surface area contributed by atoms with Crippen LogP contribution in [-0.2, 0) is 22.6 Å². The first-order chi connectivity index (χ1) is 11.5. The molecule has 1 aliphatic rings. The van der Waals surface area contributed by atoms with Gasteiger partial charge in [-0.1, -0.05) is 18.2 Å². The van der Waals surface area contributed by atoms with Crippen LogP contribution >= 0.6 is 0 Å². The maximum atomic E-state index is 12.8. The lowest BCUT2D eigenvalue weighted by atomic mass is 10.1. The summed E-state index contributed by atoms with van der Waals surface area (Å²) in [7, 11) is 0. The fourth-order valence-corrected chi connectivity index (χ4v) is 3.15. The number of benzene rings is 1. The third-order valence-electron chi connectivity index (χ3n) is 4.45. The predicted octanol–water partition coefficient (Wildman–Crippen LogP) is 2.06. The molecule has 3 rings (SSSR count). The number of nitrogens with one attached hydrogen (secondary N) is 1. The second kappa shape index (κ2) is 6.47. The zero-order valence-electron chi connectivity index (χ0n) is 14.2. The van der Waals surface area contributed by atoms with E-state index in [4.69, 9.17) is 0 Å². The number of para-hydroxylation sites is 1. The van der Waals surface area contributed by atoms with Crippen LogP contribution in [0.15, 0.2) is 36.7 Å². The van der Waals surface area contributed by atoms with Crippen molar-refractivity contribution < 1.29 is 9.59 Å². The molecule has 1 unspecified atom stereocenters. The van der Waals surface area contributed by atoms with Crippen molar-refractivity contribution in [1.82, 2.24) is 15.1 Å². The zero-order chi connectivity index (χ0) is 17.3. The third kappa shape index (κ3) is 2.91. The van der Waals surface area contributed by atoms with E-state index in [1.165, 1.54) is 6.92 Å². The first-order valence-corrected chi connectivity index (χ1v) is 8.21. The third-order valence-corrected chi connectivity index (χ3v) is 4.45. The lowest BCUT2D eigenvalue weighted by Crippen LogP contribution is -2.47. The molecule has 0 fully saturated rings. The Kier molecular flexibility index (Phi) is 4.38. The minimum Gasteiger partial charge on any atom is -0.348 e. The molecule has 2 heterocycles. The molecule has 2 aromatic rings. The number of hydrogen-bond donors (Lipinski definition) is 1. The number of rotatable bonds is 4. The Morgan fingerprint density at radius 1 is 1.38 bits per heavy atom. The van der Waals surface area contributed by atoms with Crippen molar-refractivity contribution in [1.29, 1.82) is 0 Å². The van der Waals surface area contributed by atoms with Crippen LogP contribution in [0, 0.1) is 0 Å². The number of hydrogen-bond acceptors (Lipinski definition) is 3. The van der Waals surface area contributed by atoms with E-state index in [-0.39, 0.29) is 17.9 Å². The number of carbonyl (C=O) groups is 2. The van der Waals surface area contributed by atoms with Crippen LogP contribution in [0.5, 0.6) is 0 Å². The van der Waals surface area contributed by atoms with Gasteiger partial charge in [0, 0.05) is 37.3 Å². The first-order valence-electron chi connectivity index (χ1n) is 8.21. The van der Waals surface area contributed by atoms with Gasteiger partial charge in [-0.25, -0.2) is 0 Å². The van der Waals surface area contributed by atoms with Gasteiger partial charge in [0.2, 0.25) is 11.8 Å². The van der Waals surface area contributed by atoms with E-state index >= 15 is 0 Å². The largest absolute Gasteiger partial charge is 0.348 e. The van der Waals surface area contributed by atoms with Crippen LogP contribution in [0.3, 0.4) is 0 Å². The number of fused-ring (bicyclic) bond motifs is 1. The molecule has 126 valence electrons. The molecule has 1 aromatic heterocycles. The Morgan fingerprint density at radius 2 is 2.12 bits per heavy atom. The summed E-state index contributed by atoms with van der Waals surface area (Å²) in [5.41, 5.74) is 2.81. The fourth-order valence-electron chi connectivity index (χ4n) is 3.15. The van der Waals surface area contributed by atoms with Gasteiger partial charge in [-0.15, -0.1) is 0 Å². The van der Waals surface area contributed by atoms with E-state index < -0.39 is 6.04 Å². The number of aryl methyl sites for hydroxylation is 1. The van der Waals surface area contributed by atoms with Crippen molar-refractivity contribution in [2.75, 3.05) is 4.90 Å². The second-order valence-corrected chi connectivity index (χ2v) is 6.10. The molecule has 24 heavy (non-hydrogen) atoms. The van der Waals surface area contributed by atoms with E-state index in [2.05, 4.69) is 10.4 Å². The molecule has 0 saturated heterocycles. The molecule has 2 atom stereocenters. The Bertz CT molecular complexity index is 768. The summed E-state index contributed by atoms with van der Waals surface area (Å²) in [6.45, 7) is 6.23. The molecule has 1 aromatic carbocycles. The zero-order valence-corrected chi connectivity index (χ0v) is 14.2. The van der Waals surface area contributed by atoms with E-state index in [0.717, 1.165) is 23.4 Å². The number of aromatic nitrogens is 2. The van der Waals surface area contributed by atoms with Gasteiger partial charge < -0.3 is 5.32 Å². The lowest BCUT2D eigenvalue weighted by molar-refractivity contribution is -0.126. The normalized spacial score (nSPS) is 17.5. The summed E-state index contributed by atoms with van der Waals surface area (Å²) < 4.78 is 1.82. The van der Waals surface area contributed by atoms with Crippen LogP contribution in [0.2, 0.25) is 0 Å². The SMILES string of the molecule is CCn1cc(C(C)NC(=O)[C@@H]2Cc3ccccc3N2C(C)=O)cn1. The fraction of sp³-hybridized carbons (Fsp3) is 0.389. The average molecular weight is 326 g/mol. The van der Waals surface area contributed by atoms with Gasteiger partial charge in [0.05, 0.1) is 12.2 Å². The van der Waals surface area contributed by atoms with E-state index in [9.17, 15) is 9.59 Å². The minimum absolute atomic E-state index is 0.119. The summed E-state index contributed by atoms with van der Waals surface area (Å²) in [4.78, 5) is 26.4. The van der Waals surface area contributed by atoms with Crippen LogP contribution in [0.1, 0.15) is 37.9 Å². The molecule has 1 aliphatic heterocycles. The van der Waals surface area contributed by atoms with Gasteiger partial charge >= 0.3 is 0 Å². The van der Waals surface area contributed by atoms with Crippen LogP contribution in [0.4, 0.5) is 5.69 Å². The minimum atomic E-state index is -0.497. The standard InChI is InChI=1S/C18H22N4O2/c1-4-21-11-15(10-19-21)12(2)20-18(24)17-9-14-7-5-6-8-16(14)22(17)13(3)23/h5-8,10-12,17H,4,9H2,1-3H3,(H,20,24)/t12?,17-/m0/s1. The average Bonchev–Trinajstić information content (AvgIpc) is 3.19. The van der Waals surface area contributed by atoms with Crippen molar-refractivity contribution in [2.24, 2.45) is 0 Å². The van der Waals surface area contributed by atoms with Crippen LogP contribution < -0.4 is 10.2 Å². The molecule has 0 bridgehead atoms. The van der Waals surface area contributed by atoms with Gasteiger partial charge in [0.25, 0.3) is 0 Å². The molecule has 0 radical (unpaired) electrons. The topological polar surface area (TPSA) is 67.2 Å². The highest BCUT2D eigenvalue weighted by molar-refractivity contribution is 6.02. The van der Waals surface area contributed by atoms with E-state index in [0.29, 0.717) is 6.42 Å². The Morgan fingerprint density at radius 3 is 2.79 bits per heavy atom. The number of nitrogens with zero attached hydrogens (tertiary/aromatic N) is 3. The predicted molar refractivity (Wildman–Crippen MR) is 91.6 cm³/mol. The molecule has 1 N–H and O–H groups in total. The van der Waals surface area contributed by atoms with Crippen molar-refractivity contribution in [3.8, 4) is 0 Å². The molecular formula is C18H22N4O2. The van der Waals surface area contributed by atoms with E-state index in [1.54, 1.807) is 11.1 Å². The second-order valence-electron chi connectivity index (χ2n) is 6.10. The quantitative estimate of drug-likeness (QED) is 0.935. The number of carbonyl (C=O) groups excluding carboxylic acids is 2. The number of anilines is 1. The van der Waals surface area contributed by atoms with Crippen molar-refractivity contribution in [3.05, 3.63) is 47.8 Å². The first kappa shape index (κ1) is 16.2. The summed E-state index contributed by atoms with van der Waals surface area (Å²) in [6, 6.07) is 7.01. The van der Waals surface area contributed by atoms with Gasteiger partial charge in [-0.3, -0.25) is 19.2 Å². The summed E-state index contributed by atoms with van der Waals surface area (Å²) in [5, 5.41) is 7.25. The highest BCUT2D eigenvalue weighted by atomic mass is 16.2. The molecule has 0 spiro atoms. The maximum Gasteiger partial charge on any atom is 0.244 e.